The van der Waals surface area contributed by atoms with Gasteiger partial charge in [0.15, 0.2) is 0 Å². The van der Waals surface area contributed by atoms with Crippen molar-refractivity contribution < 1.29 is 0 Å². The molecule has 0 radical (unpaired) electrons. The van der Waals surface area contributed by atoms with Gasteiger partial charge in [-0.25, -0.2) is 9.97 Å². The lowest BCUT2D eigenvalue weighted by molar-refractivity contribution is 0.211. The predicted molar refractivity (Wildman–Crippen MR) is 100.0 cm³/mol. The second-order valence-corrected chi connectivity index (χ2v) is 6.84. The van der Waals surface area contributed by atoms with Gasteiger partial charge >= 0.3 is 0 Å². The molecule has 0 unspecified atom stereocenters. The minimum Gasteiger partial charge on any atom is -0.367 e. The first-order valence-corrected chi connectivity index (χ1v) is 8.65. The number of rotatable bonds is 5. The van der Waals surface area contributed by atoms with Crippen molar-refractivity contribution in [2.24, 2.45) is 7.05 Å². The Morgan fingerprint density at radius 2 is 2.00 bits per heavy atom. The molecule has 134 valence electrons. The molecule has 3 heterocycles. The third-order valence-corrected chi connectivity index (χ3v) is 4.60. The number of pyridine rings is 1. The maximum Gasteiger partial charge on any atom is 0.250 e. The fraction of sp³-hybridized carbons (Fsp3) is 0.500. The van der Waals surface area contributed by atoms with Gasteiger partial charge in [0.05, 0.1) is 0 Å². The standard InChI is InChI=1S/C18H26N6O/c1-22(2)17-10-16(19-13-20-17)21-15-6-8-24(9-7-15)12-14-4-5-18(25)23(3)11-14/h4-5,10-11,13,15H,6-9,12H2,1-3H3,(H,19,20,21). The molecule has 1 aliphatic heterocycles. The zero-order chi connectivity index (χ0) is 17.8. The Bertz CT molecular complexity index is 764. The Hall–Kier alpha value is -2.41. The van der Waals surface area contributed by atoms with Crippen molar-refractivity contribution >= 4 is 11.6 Å². The quantitative estimate of drug-likeness (QED) is 0.884. The van der Waals surface area contributed by atoms with E-state index in [4.69, 9.17) is 0 Å². The fourth-order valence-corrected chi connectivity index (χ4v) is 3.12. The van der Waals surface area contributed by atoms with Gasteiger partial charge in [-0.05, 0) is 18.4 Å². The lowest BCUT2D eigenvalue weighted by atomic mass is 10.0. The maximum absolute atomic E-state index is 11.5. The molecule has 0 amide bonds. The molecule has 1 N–H and O–H groups in total. The number of hydrogen-bond acceptors (Lipinski definition) is 6. The van der Waals surface area contributed by atoms with Crippen LogP contribution in [0.25, 0.3) is 0 Å². The SMILES string of the molecule is CN(C)c1cc(NC2CCN(Cc3ccc(=O)n(C)c3)CC2)ncn1. The summed E-state index contributed by atoms with van der Waals surface area (Å²) < 4.78 is 1.64. The molecule has 7 heteroatoms. The van der Waals surface area contributed by atoms with Crippen molar-refractivity contribution in [2.45, 2.75) is 25.4 Å². The van der Waals surface area contributed by atoms with E-state index >= 15 is 0 Å². The summed E-state index contributed by atoms with van der Waals surface area (Å²) in [6.45, 7) is 2.96. The van der Waals surface area contributed by atoms with Gasteiger partial charge in [-0.15, -0.1) is 0 Å². The Balaban J connectivity index is 1.52. The third-order valence-electron chi connectivity index (χ3n) is 4.60. The largest absolute Gasteiger partial charge is 0.367 e. The molecule has 0 bridgehead atoms. The van der Waals surface area contributed by atoms with Crippen LogP contribution in [0, 0.1) is 0 Å². The van der Waals surface area contributed by atoms with Crippen LogP contribution in [0.15, 0.2) is 35.5 Å². The first-order valence-electron chi connectivity index (χ1n) is 8.65. The highest BCUT2D eigenvalue weighted by Crippen LogP contribution is 2.18. The highest BCUT2D eigenvalue weighted by Gasteiger charge is 2.19. The van der Waals surface area contributed by atoms with Crippen LogP contribution in [0.5, 0.6) is 0 Å². The molecule has 0 saturated carbocycles. The second-order valence-electron chi connectivity index (χ2n) is 6.84. The van der Waals surface area contributed by atoms with Crippen LogP contribution in [0.4, 0.5) is 11.6 Å². The van der Waals surface area contributed by atoms with Gasteiger partial charge < -0.3 is 14.8 Å². The molecule has 0 aliphatic carbocycles. The molecule has 7 nitrogen and oxygen atoms in total. The van der Waals surface area contributed by atoms with Gasteiger partial charge in [0.1, 0.15) is 18.0 Å². The average molecular weight is 342 g/mol. The Morgan fingerprint density at radius 3 is 2.68 bits per heavy atom. The van der Waals surface area contributed by atoms with E-state index in [0.717, 1.165) is 44.1 Å². The zero-order valence-corrected chi connectivity index (χ0v) is 15.1. The summed E-state index contributed by atoms with van der Waals surface area (Å²) in [4.78, 5) is 24.5. The molecular formula is C18H26N6O. The van der Waals surface area contributed by atoms with E-state index < -0.39 is 0 Å². The Kier molecular flexibility index (Phi) is 5.33. The summed E-state index contributed by atoms with van der Waals surface area (Å²) in [6, 6.07) is 5.98. The smallest absolute Gasteiger partial charge is 0.250 e. The van der Waals surface area contributed by atoms with Crippen molar-refractivity contribution in [3.05, 3.63) is 46.6 Å². The van der Waals surface area contributed by atoms with Crippen LogP contribution >= 0.6 is 0 Å². The topological polar surface area (TPSA) is 66.3 Å². The summed E-state index contributed by atoms with van der Waals surface area (Å²) in [5, 5.41) is 3.53. The van der Waals surface area contributed by atoms with E-state index in [1.807, 2.05) is 37.3 Å². The van der Waals surface area contributed by atoms with Crippen LogP contribution in [-0.4, -0.2) is 52.7 Å². The Labute approximate surface area is 148 Å². The molecule has 1 aliphatic rings. The minimum atomic E-state index is 0.0357. The molecular weight excluding hydrogens is 316 g/mol. The van der Waals surface area contributed by atoms with Gasteiger partial charge in [-0.3, -0.25) is 9.69 Å². The number of nitrogens with one attached hydrogen (secondary N) is 1. The van der Waals surface area contributed by atoms with Gasteiger partial charge in [0.25, 0.3) is 0 Å². The molecule has 1 saturated heterocycles. The van der Waals surface area contributed by atoms with E-state index in [2.05, 4.69) is 20.2 Å². The summed E-state index contributed by atoms with van der Waals surface area (Å²) in [7, 11) is 5.75. The van der Waals surface area contributed by atoms with Gasteiger partial charge in [-0.1, -0.05) is 6.07 Å². The normalized spacial score (nSPS) is 16.0. The number of aromatic nitrogens is 3. The lowest BCUT2D eigenvalue weighted by Gasteiger charge is -2.32. The second kappa shape index (κ2) is 7.65. The minimum absolute atomic E-state index is 0.0357. The molecule has 0 atom stereocenters. The first-order chi connectivity index (χ1) is 12.0. The van der Waals surface area contributed by atoms with E-state index in [9.17, 15) is 4.79 Å². The summed E-state index contributed by atoms with van der Waals surface area (Å²) >= 11 is 0. The number of hydrogen-bond donors (Lipinski definition) is 1. The third kappa shape index (κ3) is 4.57. The highest BCUT2D eigenvalue weighted by molar-refractivity contribution is 5.47. The molecule has 1 fully saturated rings. The average Bonchev–Trinajstić information content (AvgIpc) is 2.60. The first kappa shape index (κ1) is 17.4. The molecule has 3 rings (SSSR count). The Morgan fingerprint density at radius 1 is 1.24 bits per heavy atom. The van der Waals surface area contributed by atoms with Crippen LogP contribution < -0.4 is 15.8 Å². The van der Waals surface area contributed by atoms with E-state index in [-0.39, 0.29) is 5.56 Å². The van der Waals surface area contributed by atoms with Gasteiger partial charge in [0.2, 0.25) is 5.56 Å². The van der Waals surface area contributed by atoms with Crippen LogP contribution in [0.1, 0.15) is 18.4 Å². The molecule has 0 aromatic carbocycles. The van der Waals surface area contributed by atoms with E-state index in [0.29, 0.717) is 6.04 Å². The van der Waals surface area contributed by atoms with Crippen molar-refractivity contribution in [1.82, 2.24) is 19.4 Å². The van der Waals surface area contributed by atoms with E-state index in [1.54, 1.807) is 24.0 Å². The molecule has 2 aromatic heterocycles. The van der Waals surface area contributed by atoms with E-state index in [1.165, 1.54) is 5.56 Å². The number of piperidine rings is 1. The number of aryl methyl sites for hydroxylation is 1. The van der Waals surface area contributed by atoms with Crippen molar-refractivity contribution in [2.75, 3.05) is 37.4 Å². The maximum atomic E-state index is 11.5. The predicted octanol–water partition coefficient (Wildman–Crippen LogP) is 1.32. The van der Waals surface area contributed by atoms with Crippen molar-refractivity contribution in [1.29, 1.82) is 0 Å². The van der Waals surface area contributed by atoms with Gasteiger partial charge in [0, 0.05) is 65.1 Å². The number of anilines is 2. The number of nitrogens with zero attached hydrogens (tertiary/aromatic N) is 5. The summed E-state index contributed by atoms with van der Waals surface area (Å²) in [5.41, 5.74) is 1.22. The number of likely N-dealkylation sites (tertiary alicyclic amines) is 1. The highest BCUT2D eigenvalue weighted by atomic mass is 16.1. The van der Waals surface area contributed by atoms with Crippen LogP contribution in [0.2, 0.25) is 0 Å². The van der Waals surface area contributed by atoms with Crippen molar-refractivity contribution in [3.8, 4) is 0 Å². The molecule has 25 heavy (non-hydrogen) atoms. The lowest BCUT2D eigenvalue weighted by Crippen LogP contribution is -2.39. The van der Waals surface area contributed by atoms with Gasteiger partial charge in [-0.2, -0.15) is 0 Å². The van der Waals surface area contributed by atoms with Crippen molar-refractivity contribution in [3.63, 3.8) is 0 Å². The van der Waals surface area contributed by atoms with Crippen LogP contribution in [0.3, 0.4) is 0 Å². The molecule has 0 spiro atoms. The van der Waals surface area contributed by atoms with Crippen LogP contribution in [-0.2, 0) is 13.6 Å². The fourth-order valence-electron chi connectivity index (χ4n) is 3.12. The molecule has 2 aromatic rings. The monoisotopic (exact) mass is 342 g/mol. The summed E-state index contributed by atoms with van der Waals surface area (Å²) in [6.07, 6.45) is 5.68. The zero-order valence-electron chi connectivity index (χ0n) is 15.1. The summed E-state index contributed by atoms with van der Waals surface area (Å²) in [5.74, 6) is 1.79.